The molecule has 128 valence electrons. The van der Waals surface area contributed by atoms with Crippen LogP contribution in [0.1, 0.15) is 35.3 Å². The van der Waals surface area contributed by atoms with E-state index < -0.39 is 6.04 Å². The number of hydrogen-bond acceptors (Lipinski definition) is 3. The minimum absolute atomic E-state index is 0.0930. The molecule has 5 heteroatoms. The molecule has 0 saturated heterocycles. The van der Waals surface area contributed by atoms with E-state index in [2.05, 4.69) is 15.8 Å². The van der Waals surface area contributed by atoms with E-state index in [0.717, 1.165) is 5.56 Å². The van der Waals surface area contributed by atoms with Crippen LogP contribution in [-0.2, 0) is 4.79 Å². The molecular formula is C20H21N3O2. The molecule has 0 heterocycles. The van der Waals surface area contributed by atoms with E-state index in [9.17, 15) is 9.59 Å². The zero-order valence-electron chi connectivity index (χ0n) is 14.1. The summed E-state index contributed by atoms with van der Waals surface area (Å²) >= 11 is 0. The van der Waals surface area contributed by atoms with Crippen molar-refractivity contribution >= 4 is 18.0 Å². The maximum atomic E-state index is 12.4. The number of hydrazone groups is 1. The second-order valence-electron chi connectivity index (χ2n) is 5.35. The molecule has 0 aliphatic heterocycles. The number of carbonyl (C=O) groups is 2. The number of rotatable bonds is 7. The smallest absolute Gasteiger partial charge is 0.251 e. The number of nitrogens with zero attached hydrogens (tertiary/aromatic N) is 1. The Morgan fingerprint density at radius 1 is 1.04 bits per heavy atom. The molecule has 1 unspecified atom stereocenters. The fourth-order valence-corrected chi connectivity index (χ4v) is 2.24. The molecule has 0 aromatic heterocycles. The van der Waals surface area contributed by atoms with Crippen molar-refractivity contribution in [2.24, 2.45) is 5.10 Å². The maximum absolute atomic E-state index is 12.4. The highest BCUT2D eigenvalue weighted by atomic mass is 16.2. The topological polar surface area (TPSA) is 70.6 Å². The van der Waals surface area contributed by atoms with Gasteiger partial charge in [0.05, 0.1) is 12.5 Å². The van der Waals surface area contributed by atoms with Crippen molar-refractivity contribution in [1.29, 1.82) is 0 Å². The van der Waals surface area contributed by atoms with Crippen molar-refractivity contribution in [2.45, 2.75) is 19.4 Å². The predicted molar refractivity (Wildman–Crippen MR) is 99.2 cm³/mol. The van der Waals surface area contributed by atoms with Crippen molar-refractivity contribution in [1.82, 2.24) is 10.7 Å². The molecule has 2 amide bonds. The van der Waals surface area contributed by atoms with Crippen molar-refractivity contribution in [3.63, 3.8) is 0 Å². The lowest BCUT2D eigenvalue weighted by Crippen LogP contribution is -2.32. The van der Waals surface area contributed by atoms with Gasteiger partial charge in [-0.3, -0.25) is 9.59 Å². The van der Waals surface area contributed by atoms with Gasteiger partial charge in [-0.25, -0.2) is 5.43 Å². The van der Waals surface area contributed by atoms with E-state index >= 15 is 0 Å². The average molecular weight is 335 g/mol. The highest BCUT2D eigenvalue weighted by molar-refractivity contribution is 5.94. The van der Waals surface area contributed by atoms with Gasteiger partial charge in [0, 0.05) is 11.8 Å². The van der Waals surface area contributed by atoms with Crippen LogP contribution in [0.3, 0.4) is 0 Å². The summed E-state index contributed by atoms with van der Waals surface area (Å²) in [5, 5.41) is 6.74. The fraction of sp³-hybridized carbons (Fsp3) is 0.150. The van der Waals surface area contributed by atoms with Crippen LogP contribution in [0.4, 0.5) is 0 Å². The molecule has 2 aromatic carbocycles. The molecule has 0 spiro atoms. The zero-order valence-corrected chi connectivity index (χ0v) is 14.1. The first-order valence-corrected chi connectivity index (χ1v) is 8.04. The quantitative estimate of drug-likeness (QED) is 0.602. The number of benzene rings is 2. The Balaban J connectivity index is 2.08. The van der Waals surface area contributed by atoms with Crippen LogP contribution >= 0.6 is 0 Å². The van der Waals surface area contributed by atoms with Gasteiger partial charge in [-0.2, -0.15) is 5.10 Å². The van der Waals surface area contributed by atoms with E-state index in [-0.39, 0.29) is 18.2 Å². The molecule has 1 atom stereocenters. The zero-order chi connectivity index (χ0) is 17.9. The summed E-state index contributed by atoms with van der Waals surface area (Å²) in [6.07, 6.45) is 5.11. The van der Waals surface area contributed by atoms with Crippen molar-refractivity contribution in [2.75, 3.05) is 0 Å². The standard InChI is InChI=1S/C20H21N3O2/c1-2-3-14-21-23-19(24)15-18(16-10-6-4-7-11-16)22-20(25)17-12-8-5-9-13-17/h2-14,18H,15H2,1H3,(H,22,25)(H,23,24). The van der Waals surface area contributed by atoms with Gasteiger partial charge in [0.25, 0.3) is 5.91 Å². The van der Waals surface area contributed by atoms with E-state index in [1.54, 1.807) is 30.3 Å². The third-order valence-electron chi connectivity index (χ3n) is 3.48. The molecule has 0 aliphatic rings. The number of allylic oxidation sites excluding steroid dienone is 2. The first-order chi connectivity index (χ1) is 12.2. The van der Waals surface area contributed by atoms with E-state index in [0.29, 0.717) is 5.56 Å². The third-order valence-corrected chi connectivity index (χ3v) is 3.48. The van der Waals surface area contributed by atoms with Gasteiger partial charge in [0.1, 0.15) is 0 Å². The van der Waals surface area contributed by atoms with Gasteiger partial charge in [-0.15, -0.1) is 0 Å². The molecule has 0 bridgehead atoms. The summed E-state index contributed by atoms with van der Waals surface area (Å²) in [6.45, 7) is 1.86. The second-order valence-corrected chi connectivity index (χ2v) is 5.35. The molecule has 0 radical (unpaired) electrons. The van der Waals surface area contributed by atoms with Gasteiger partial charge in [0.15, 0.2) is 0 Å². The summed E-state index contributed by atoms with van der Waals surface area (Å²) in [5.74, 6) is -0.498. The molecule has 2 aromatic rings. The highest BCUT2D eigenvalue weighted by Gasteiger charge is 2.18. The van der Waals surface area contributed by atoms with E-state index in [1.807, 2.05) is 49.4 Å². The van der Waals surface area contributed by atoms with Crippen LogP contribution in [0.2, 0.25) is 0 Å². The van der Waals surface area contributed by atoms with Gasteiger partial charge in [-0.05, 0) is 30.7 Å². The van der Waals surface area contributed by atoms with Gasteiger partial charge in [-0.1, -0.05) is 54.6 Å². The van der Waals surface area contributed by atoms with Crippen LogP contribution in [0.15, 0.2) is 77.9 Å². The Bertz CT molecular complexity index is 740. The van der Waals surface area contributed by atoms with E-state index in [1.165, 1.54) is 6.21 Å². The molecular weight excluding hydrogens is 314 g/mol. The Hall–Kier alpha value is -3.21. The Labute approximate surface area is 147 Å². The summed E-state index contributed by atoms with van der Waals surface area (Å²) in [7, 11) is 0. The Kier molecular flexibility index (Phi) is 7.13. The molecule has 0 aliphatic carbocycles. The number of nitrogens with one attached hydrogen (secondary N) is 2. The van der Waals surface area contributed by atoms with Crippen LogP contribution in [0, 0.1) is 0 Å². The van der Waals surface area contributed by atoms with Gasteiger partial charge in [0.2, 0.25) is 5.91 Å². The fourth-order valence-electron chi connectivity index (χ4n) is 2.24. The third kappa shape index (κ3) is 6.06. The molecule has 25 heavy (non-hydrogen) atoms. The SMILES string of the molecule is CC=CC=NNC(=O)CC(NC(=O)c1ccccc1)c1ccccc1. The Morgan fingerprint density at radius 3 is 2.32 bits per heavy atom. The first-order valence-electron chi connectivity index (χ1n) is 8.04. The highest BCUT2D eigenvalue weighted by Crippen LogP contribution is 2.17. The summed E-state index contributed by atoms with van der Waals surface area (Å²) in [6, 6.07) is 17.9. The lowest BCUT2D eigenvalue weighted by atomic mass is 10.0. The van der Waals surface area contributed by atoms with Crippen LogP contribution in [-0.4, -0.2) is 18.0 Å². The number of amides is 2. The minimum atomic E-state index is -0.439. The first kappa shape index (κ1) is 18.1. The average Bonchev–Trinajstić information content (AvgIpc) is 2.66. The summed E-state index contributed by atoms with van der Waals surface area (Å²) < 4.78 is 0. The Morgan fingerprint density at radius 2 is 1.68 bits per heavy atom. The number of carbonyl (C=O) groups excluding carboxylic acids is 2. The van der Waals surface area contributed by atoms with Crippen molar-refractivity contribution in [3.8, 4) is 0 Å². The van der Waals surface area contributed by atoms with Gasteiger partial charge >= 0.3 is 0 Å². The maximum Gasteiger partial charge on any atom is 0.251 e. The number of hydrogen-bond donors (Lipinski definition) is 2. The molecule has 5 nitrogen and oxygen atoms in total. The molecule has 2 N–H and O–H groups in total. The lowest BCUT2D eigenvalue weighted by molar-refractivity contribution is -0.121. The van der Waals surface area contributed by atoms with Crippen molar-refractivity contribution < 1.29 is 9.59 Å². The van der Waals surface area contributed by atoms with Crippen molar-refractivity contribution in [3.05, 3.63) is 83.9 Å². The summed E-state index contributed by atoms with van der Waals surface area (Å²) in [4.78, 5) is 24.5. The molecule has 0 fully saturated rings. The van der Waals surface area contributed by atoms with Crippen LogP contribution in [0.25, 0.3) is 0 Å². The van der Waals surface area contributed by atoms with Gasteiger partial charge < -0.3 is 5.32 Å². The molecule has 0 saturated carbocycles. The monoisotopic (exact) mass is 335 g/mol. The normalized spacial score (nSPS) is 12.2. The minimum Gasteiger partial charge on any atom is -0.345 e. The lowest BCUT2D eigenvalue weighted by Gasteiger charge is -2.18. The predicted octanol–water partition coefficient (Wildman–Crippen LogP) is 3.23. The van der Waals surface area contributed by atoms with Crippen LogP contribution in [0.5, 0.6) is 0 Å². The summed E-state index contributed by atoms with van der Waals surface area (Å²) in [5.41, 5.74) is 3.87. The largest absolute Gasteiger partial charge is 0.345 e. The molecule has 2 rings (SSSR count). The second kappa shape index (κ2) is 9.82. The van der Waals surface area contributed by atoms with Crippen LogP contribution < -0.4 is 10.7 Å². The van der Waals surface area contributed by atoms with E-state index in [4.69, 9.17) is 0 Å².